The zero-order valence-corrected chi connectivity index (χ0v) is 70.4. The predicted octanol–water partition coefficient (Wildman–Crippen LogP) is 22.7. The molecule has 0 saturated heterocycles. The van der Waals surface area contributed by atoms with E-state index < -0.39 is 179 Å². The molecule has 0 aliphatic rings. The van der Waals surface area contributed by atoms with Gasteiger partial charge >= 0.3 is 29.8 Å². The molecule has 15 aromatic rings. The first kappa shape index (κ1) is 95.6. The molecule has 5 heterocycles. The van der Waals surface area contributed by atoms with Crippen LogP contribution in [0.5, 0.6) is 0 Å². The van der Waals surface area contributed by atoms with Crippen LogP contribution in [0, 0.1) is 72.0 Å². The summed E-state index contributed by atoms with van der Waals surface area (Å²) in [4.78, 5) is 136. The maximum atomic E-state index is 13.9. The van der Waals surface area contributed by atoms with Gasteiger partial charge in [-0.15, -0.1) is 0 Å². The number of H-pyrrole nitrogens is 5. The Labute approximate surface area is 735 Å². The third-order valence-electron chi connectivity index (χ3n) is 22.2. The van der Waals surface area contributed by atoms with Crippen LogP contribution in [0.2, 0.25) is 0 Å². The van der Waals surface area contributed by atoms with E-state index in [1.54, 1.807) is 31.0 Å². The average molecular weight is 1790 g/mol. The van der Waals surface area contributed by atoms with E-state index >= 15 is 0 Å². The molecule has 670 valence electrons. The summed E-state index contributed by atoms with van der Waals surface area (Å²) in [5, 5.41) is 52.0. The number of aromatic nitrogens is 5. The number of hydrogen-bond donors (Lipinski definition) is 10. The normalized spacial score (nSPS) is 12.3. The van der Waals surface area contributed by atoms with Crippen molar-refractivity contribution in [3.63, 3.8) is 0 Å². The number of fused-ring (bicyclic) bond motifs is 5. The minimum absolute atomic E-state index is 0.155. The standard InChI is InChI=1S/2C21H19F2NO3.C20H17F2NO3.2C19H15F2NO3/c1-11(2)13-4-3-5-18-20(13)16(10-24-18)15(21(26)27)9-19(25)14-7-6-12(22)8-17(14)23;1-2-4-12-5-3-6-18-20(12)16(11-24-18)15(21(26)27)10-19(25)14-8-7-13(22)9-17(14)23;1-2-11-4-3-5-17-19(11)15(10-23-17)14(20(25)26)9-18(24)13-7-6-12(21)8-16(13)22;1-10-2-5-17-13(6-10)15(9-22-17)14(19(24)25)8-18(23)12-4-3-11(20)7-16(12)21;1-10-3-2-4-16-18(10)14(9-22-16)13(19(24)25)8-17(23)12-6-5-11(20)7-15(12)21/h3-8,10-11,15,24H,9H2,1-2H3,(H,26,27);3,5-9,11,15,24H,2,4,10H2,1H3,(H,26,27);3-8,10,14,23H,2,9H2,1H3,(H,25,26);2-7,9,14,22H,8H2,1H3,(H,24,25);2-7,9,13,22H,8H2,1H3,(H,24,25). The Morgan fingerprint density at radius 2 is 0.585 bits per heavy atom. The summed E-state index contributed by atoms with van der Waals surface area (Å²) in [6.45, 7) is 11.7. The molecule has 15 rings (SSSR count). The molecule has 0 aliphatic carbocycles. The molecule has 5 aromatic heterocycles. The van der Waals surface area contributed by atoms with Gasteiger partial charge in [-0.2, -0.15) is 0 Å². The summed E-state index contributed by atoms with van der Waals surface area (Å²) < 4.78 is 134. The number of aromatic amines is 5. The molecule has 5 atom stereocenters. The lowest BCUT2D eigenvalue weighted by Crippen LogP contribution is -2.17. The summed E-state index contributed by atoms with van der Waals surface area (Å²) >= 11 is 0. The summed E-state index contributed by atoms with van der Waals surface area (Å²) in [5.41, 5.74) is 9.47. The van der Waals surface area contributed by atoms with Gasteiger partial charge in [0, 0.05) is 148 Å². The molecule has 130 heavy (non-hydrogen) atoms. The number of carbonyl (C=O) groups is 10. The predicted molar refractivity (Wildman–Crippen MR) is 467 cm³/mol. The minimum Gasteiger partial charge on any atom is -0.481 e. The quantitative estimate of drug-likeness (QED) is 0.0154. The van der Waals surface area contributed by atoms with E-state index in [1.807, 2.05) is 133 Å². The van der Waals surface area contributed by atoms with Crippen LogP contribution >= 0.6 is 0 Å². The van der Waals surface area contributed by atoms with Crippen LogP contribution in [0.15, 0.2) is 213 Å². The Kier molecular flexibility index (Phi) is 30.9. The van der Waals surface area contributed by atoms with Crippen LogP contribution in [-0.2, 0) is 36.8 Å². The van der Waals surface area contributed by atoms with Crippen molar-refractivity contribution >= 4 is 113 Å². The number of ketones is 5. The fraction of sp³-hybridized carbons (Fsp3) is 0.200. The van der Waals surface area contributed by atoms with Gasteiger partial charge in [-0.1, -0.05) is 94.3 Å². The van der Waals surface area contributed by atoms with Crippen molar-refractivity contribution in [2.75, 3.05) is 0 Å². The third-order valence-corrected chi connectivity index (χ3v) is 22.2. The zero-order chi connectivity index (χ0) is 94.4. The van der Waals surface area contributed by atoms with Gasteiger partial charge in [-0.25, -0.2) is 43.9 Å². The molecule has 0 aliphatic heterocycles. The van der Waals surface area contributed by atoms with E-state index in [9.17, 15) is 117 Å². The topological polar surface area (TPSA) is 351 Å². The van der Waals surface area contributed by atoms with Crippen LogP contribution in [0.3, 0.4) is 0 Å². The Balaban J connectivity index is 0.000000157. The van der Waals surface area contributed by atoms with Crippen LogP contribution in [0.4, 0.5) is 43.9 Å². The zero-order valence-electron chi connectivity index (χ0n) is 70.4. The summed E-state index contributed by atoms with van der Waals surface area (Å²) in [6, 6.07) is 41.1. The van der Waals surface area contributed by atoms with E-state index in [0.717, 1.165) is 150 Å². The maximum absolute atomic E-state index is 13.9. The lowest BCUT2D eigenvalue weighted by Gasteiger charge is -2.15. The maximum Gasteiger partial charge on any atom is 0.311 e. The Hall–Kier alpha value is -15.1. The van der Waals surface area contributed by atoms with E-state index in [1.165, 1.54) is 0 Å². The number of aliphatic carboxylic acids is 5. The van der Waals surface area contributed by atoms with Crippen LogP contribution < -0.4 is 0 Å². The second kappa shape index (κ2) is 42.0. The molecule has 0 spiro atoms. The highest BCUT2D eigenvalue weighted by Crippen LogP contribution is 2.40. The fourth-order valence-corrected chi connectivity index (χ4v) is 15.8. The molecule has 10 aromatic carbocycles. The van der Waals surface area contributed by atoms with Crippen molar-refractivity contribution in [1.82, 2.24) is 24.9 Å². The third kappa shape index (κ3) is 22.1. The highest BCUT2D eigenvalue weighted by atomic mass is 19.2. The van der Waals surface area contributed by atoms with Gasteiger partial charge < -0.3 is 50.5 Å². The number of aryl methyl sites for hydroxylation is 4. The lowest BCUT2D eigenvalue weighted by molar-refractivity contribution is -0.139. The number of carboxylic acids is 5. The number of rotatable bonds is 29. The number of Topliss-reactive ketones (excluding diaryl/α,β-unsaturated/α-hetero) is 5. The van der Waals surface area contributed by atoms with Crippen LogP contribution in [-0.4, -0.2) is 109 Å². The second-order valence-electron chi connectivity index (χ2n) is 31.2. The van der Waals surface area contributed by atoms with Crippen LogP contribution in [0.1, 0.15) is 209 Å². The van der Waals surface area contributed by atoms with E-state index in [4.69, 9.17) is 0 Å². The number of nitrogens with one attached hydrogen (secondary N) is 5. The van der Waals surface area contributed by atoms with E-state index in [-0.39, 0.29) is 33.7 Å². The highest BCUT2D eigenvalue weighted by Gasteiger charge is 2.35. The lowest BCUT2D eigenvalue weighted by atomic mass is 9.88. The van der Waals surface area contributed by atoms with Crippen molar-refractivity contribution in [3.05, 3.63) is 355 Å². The molecule has 0 fully saturated rings. The van der Waals surface area contributed by atoms with Crippen molar-refractivity contribution in [2.24, 2.45) is 0 Å². The first-order chi connectivity index (χ1) is 61.9. The number of hydrogen-bond acceptors (Lipinski definition) is 10. The molecular formula is C100H85F10N5O15. The molecule has 10 N–H and O–H groups in total. The first-order valence-electron chi connectivity index (χ1n) is 40.9. The molecule has 5 unspecified atom stereocenters. The average Bonchev–Trinajstić information content (AvgIpc) is 1.61. The van der Waals surface area contributed by atoms with E-state index in [0.29, 0.717) is 70.0 Å². The van der Waals surface area contributed by atoms with Crippen molar-refractivity contribution < 1.29 is 117 Å². The SMILES string of the molecule is CC(C)c1cccc2[nH]cc(C(CC(=O)c3ccc(F)cc3F)C(=O)O)c12.CCCc1cccc2[nH]cc(C(CC(=O)c3ccc(F)cc3F)C(=O)O)c12.CCc1cccc2[nH]cc(C(CC(=O)c3ccc(F)cc3F)C(=O)O)c12.Cc1ccc2[nH]cc(C(CC(=O)c3ccc(F)cc3F)C(=O)O)c2c1.Cc1cccc2[nH]cc(C(CC(=O)c3ccc(F)cc3F)C(=O)O)c12. The largest absolute Gasteiger partial charge is 0.481 e. The number of carbonyl (C=O) groups excluding carboxylic acids is 5. The molecule has 0 saturated carbocycles. The van der Waals surface area contributed by atoms with Crippen molar-refractivity contribution in [3.8, 4) is 0 Å². The van der Waals surface area contributed by atoms with Crippen molar-refractivity contribution in [1.29, 1.82) is 0 Å². The first-order valence-corrected chi connectivity index (χ1v) is 40.9. The van der Waals surface area contributed by atoms with Gasteiger partial charge in [0.1, 0.15) is 58.2 Å². The Bertz CT molecular complexity index is 6860. The van der Waals surface area contributed by atoms with Crippen molar-refractivity contribution in [2.45, 2.75) is 128 Å². The molecular weight excluding hydrogens is 1700 g/mol. The van der Waals surface area contributed by atoms with Gasteiger partial charge in [-0.05, 0) is 180 Å². The fourth-order valence-electron chi connectivity index (χ4n) is 15.8. The summed E-state index contributed by atoms with van der Waals surface area (Å²) in [6.07, 6.45) is 8.16. The van der Waals surface area contributed by atoms with Gasteiger partial charge in [0.15, 0.2) is 28.9 Å². The molecule has 20 nitrogen and oxygen atoms in total. The van der Waals surface area contributed by atoms with Gasteiger partial charge in [0.25, 0.3) is 0 Å². The number of benzene rings is 10. The Morgan fingerprint density at radius 1 is 0.300 bits per heavy atom. The number of halogens is 10. The highest BCUT2D eigenvalue weighted by molar-refractivity contribution is 6.06. The molecule has 0 radical (unpaired) electrons. The van der Waals surface area contributed by atoms with Gasteiger partial charge in [0.2, 0.25) is 0 Å². The molecule has 0 amide bonds. The summed E-state index contributed by atoms with van der Waals surface area (Å²) in [5.74, 6) is -23.8. The smallest absolute Gasteiger partial charge is 0.311 e. The molecule has 30 heteroatoms. The second-order valence-corrected chi connectivity index (χ2v) is 31.2. The minimum atomic E-state index is -1.18. The van der Waals surface area contributed by atoms with E-state index in [2.05, 4.69) is 24.9 Å². The summed E-state index contributed by atoms with van der Waals surface area (Å²) in [7, 11) is 0. The van der Waals surface area contributed by atoms with Gasteiger partial charge in [0.05, 0.1) is 57.4 Å². The van der Waals surface area contributed by atoms with Gasteiger partial charge in [-0.3, -0.25) is 47.9 Å². The molecule has 0 bridgehead atoms. The Morgan fingerprint density at radius 3 is 0.915 bits per heavy atom. The monoisotopic (exact) mass is 1790 g/mol. The van der Waals surface area contributed by atoms with Crippen LogP contribution in [0.25, 0.3) is 54.5 Å². The number of carboxylic acid groups (broad SMARTS) is 5.